The van der Waals surface area contributed by atoms with Crippen molar-refractivity contribution < 1.29 is 4.74 Å². The number of aromatic amines is 1. The van der Waals surface area contributed by atoms with Crippen molar-refractivity contribution >= 4 is 0 Å². The van der Waals surface area contributed by atoms with Crippen LogP contribution in [0.25, 0.3) is 0 Å². The van der Waals surface area contributed by atoms with Crippen molar-refractivity contribution in [1.29, 1.82) is 0 Å². The molecule has 0 aliphatic carbocycles. The third-order valence-corrected chi connectivity index (χ3v) is 2.67. The molecule has 1 saturated heterocycles. The molecule has 0 spiro atoms. The monoisotopic (exact) mass is 183 g/mol. The first-order valence-electron chi connectivity index (χ1n) is 4.44. The molecule has 0 amide bonds. The maximum Gasteiger partial charge on any atom is 0.343 e. The van der Waals surface area contributed by atoms with Crippen molar-refractivity contribution in [2.75, 3.05) is 13.2 Å². The van der Waals surface area contributed by atoms with E-state index in [1.807, 2.05) is 0 Å². The zero-order valence-corrected chi connectivity index (χ0v) is 7.62. The van der Waals surface area contributed by atoms with Gasteiger partial charge < -0.3 is 4.74 Å². The highest BCUT2D eigenvalue weighted by Crippen LogP contribution is 2.32. The molecular formula is C8H13N3O2. The van der Waals surface area contributed by atoms with E-state index in [9.17, 15) is 4.79 Å². The van der Waals surface area contributed by atoms with E-state index in [2.05, 4.69) is 17.0 Å². The van der Waals surface area contributed by atoms with E-state index in [1.165, 1.54) is 11.0 Å². The average molecular weight is 183 g/mol. The lowest BCUT2D eigenvalue weighted by atomic mass is 9.83. The molecule has 1 aromatic rings. The normalized spacial score (nSPS) is 19.8. The van der Waals surface area contributed by atoms with E-state index < -0.39 is 0 Å². The van der Waals surface area contributed by atoms with Gasteiger partial charge >= 0.3 is 5.69 Å². The number of ether oxygens (including phenoxy) is 1. The van der Waals surface area contributed by atoms with Gasteiger partial charge in [0, 0.05) is 5.41 Å². The molecule has 2 rings (SSSR count). The Morgan fingerprint density at radius 3 is 2.92 bits per heavy atom. The second kappa shape index (κ2) is 2.99. The summed E-state index contributed by atoms with van der Waals surface area (Å²) in [6.07, 6.45) is 2.44. The Morgan fingerprint density at radius 1 is 1.77 bits per heavy atom. The van der Waals surface area contributed by atoms with Gasteiger partial charge in [-0.2, -0.15) is 5.10 Å². The van der Waals surface area contributed by atoms with Crippen LogP contribution in [0.15, 0.2) is 11.1 Å². The van der Waals surface area contributed by atoms with E-state index in [1.54, 1.807) is 0 Å². The summed E-state index contributed by atoms with van der Waals surface area (Å²) in [5.41, 5.74) is -0.00123. The van der Waals surface area contributed by atoms with Crippen LogP contribution in [-0.4, -0.2) is 28.0 Å². The van der Waals surface area contributed by atoms with Gasteiger partial charge in [0.25, 0.3) is 0 Å². The average Bonchev–Trinajstić information content (AvgIpc) is 2.44. The van der Waals surface area contributed by atoms with Crippen molar-refractivity contribution in [1.82, 2.24) is 14.8 Å². The first-order chi connectivity index (χ1) is 6.26. The molecule has 1 fully saturated rings. The van der Waals surface area contributed by atoms with E-state index in [0.29, 0.717) is 6.54 Å². The molecule has 1 aliphatic rings. The first-order valence-corrected chi connectivity index (χ1v) is 4.44. The van der Waals surface area contributed by atoms with Crippen LogP contribution >= 0.6 is 0 Å². The van der Waals surface area contributed by atoms with Gasteiger partial charge in [0.15, 0.2) is 0 Å². The van der Waals surface area contributed by atoms with Gasteiger partial charge in [-0.1, -0.05) is 6.92 Å². The van der Waals surface area contributed by atoms with Crippen LogP contribution in [0.1, 0.15) is 13.3 Å². The summed E-state index contributed by atoms with van der Waals surface area (Å²) in [5.74, 6) is 0. The van der Waals surface area contributed by atoms with Crippen LogP contribution < -0.4 is 5.69 Å². The SMILES string of the molecule is CCC1(Cn2nc[nH]c2=O)COC1. The zero-order chi connectivity index (χ0) is 9.31. The number of aromatic nitrogens is 3. The Balaban J connectivity index is 2.13. The minimum atomic E-state index is -0.139. The lowest BCUT2D eigenvalue weighted by Crippen LogP contribution is -2.47. The van der Waals surface area contributed by atoms with Gasteiger partial charge in [-0.05, 0) is 6.42 Å². The topological polar surface area (TPSA) is 59.9 Å². The molecule has 5 heteroatoms. The summed E-state index contributed by atoms with van der Waals surface area (Å²) >= 11 is 0. The fraction of sp³-hybridized carbons (Fsp3) is 0.750. The molecule has 0 aromatic carbocycles. The van der Waals surface area contributed by atoms with Crippen molar-refractivity contribution in [2.24, 2.45) is 5.41 Å². The number of rotatable bonds is 3. The molecule has 0 unspecified atom stereocenters. The molecule has 0 saturated carbocycles. The third-order valence-electron chi connectivity index (χ3n) is 2.67. The van der Waals surface area contributed by atoms with E-state index in [-0.39, 0.29) is 11.1 Å². The van der Waals surface area contributed by atoms with E-state index in [4.69, 9.17) is 4.74 Å². The highest BCUT2D eigenvalue weighted by Gasteiger charge is 2.37. The van der Waals surface area contributed by atoms with Crippen molar-refractivity contribution in [2.45, 2.75) is 19.9 Å². The molecule has 5 nitrogen and oxygen atoms in total. The van der Waals surface area contributed by atoms with Crippen molar-refractivity contribution in [3.8, 4) is 0 Å². The maximum absolute atomic E-state index is 11.2. The molecular weight excluding hydrogens is 170 g/mol. The lowest BCUT2D eigenvalue weighted by Gasteiger charge is -2.40. The summed E-state index contributed by atoms with van der Waals surface area (Å²) < 4.78 is 6.63. The number of hydrogen-bond donors (Lipinski definition) is 1. The van der Waals surface area contributed by atoms with Crippen LogP contribution in [0.3, 0.4) is 0 Å². The Bertz CT molecular complexity index is 332. The molecule has 0 radical (unpaired) electrons. The second-order valence-electron chi connectivity index (χ2n) is 3.60. The fourth-order valence-corrected chi connectivity index (χ4v) is 1.51. The third kappa shape index (κ3) is 1.39. The molecule has 13 heavy (non-hydrogen) atoms. The molecule has 2 heterocycles. The van der Waals surface area contributed by atoms with Crippen LogP contribution in [0.2, 0.25) is 0 Å². The highest BCUT2D eigenvalue weighted by atomic mass is 16.5. The summed E-state index contributed by atoms with van der Waals surface area (Å²) in [6.45, 7) is 4.25. The minimum Gasteiger partial charge on any atom is -0.380 e. The summed E-state index contributed by atoms with van der Waals surface area (Å²) in [4.78, 5) is 13.7. The fourth-order valence-electron chi connectivity index (χ4n) is 1.51. The predicted molar refractivity (Wildman–Crippen MR) is 46.4 cm³/mol. The zero-order valence-electron chi connectivity index (χ0n) is 7.62. The highest BCUT2D eigenvalue weighted by molar-refractivity contribution is 4.84. The number of nitrogens with one attached hydrogen (secondary N) is 1. The molecule has 72 valence electrons. The van der Waals surface area contributed by atoms with E-state index >= 15 is 0 Å². The molecule has 1 N–H and O–H groups in total. The van der Waals surface area contributed by atoms with Gasteiger partial charge in [-0.3, -0.25) is 4.98 Å². The smallest absolute Gasteiger partial charge is 0.343 e. The van der Waals surface area contributed by atoms with Gasteiger partial charge in [0.05, 0.1) is 19.8 Å². The molecule has 0 atom stereocenters. The van der Waals surface area contributed by atoms with E-state index in [0.717, 1.165) is 19.6 Å². The molecule has 0 bridgehead atoms. The van der Waals surface area contributed by atoms with Gasteiger partial charge in [-0.15, -0.1) is 0 Å². The summed E-state index contributed by atoms with van der Waals surface area (Å²) in [7, 11) is 0. The van der Waals surface area contributed by atoms with Crippen LogP contribution in [0.5, 0.6) is 0 Å². The maximum atomic E-state index is 11.2. The largest absolute Gasteiger partial charge is 0.380 e. The van der Waals surface area contributed by atoms with Crippen molar-refractivity contribution in [3.05, 3.63) is 16.8 Å². The Labute approximate surface area is 75.7 Å². The van der Waals surface area contributed by atoms with Crippen molar-refractivity contribution in [3.63, 3.8) is 0 Å². The Kier molecular flexibility index (Phi) is 1.95. The Morgan fingerprint density at radius 2 is 2.54 bits per heavy atom. The van der Waals surface area contributed by atoms with Gasteiger partial charge in [-0.25, -0.2) is 9.48 Å². The number of nitrogens with zero attached hydrogens (tertiary/aromatic N) is 2. The van der Waals surface area contributed by atoms with Gasteiger partial charge in [0.1, 0.15) is 6.33 Å². The lowest BCUT2D eigenvalue weighted by molar-refractivity contribution is -0.125. The van der Waals surface area contributed by atoms with Crippen LogP contribution in [-0.2, 0) is 11.3 Å². The summed E-state index contributed by atoms with van der Waals surface area (Å²) in [5, 5.41) is 3.92. The van der Waals surface area contributed by atoms with Crippen LogP contribution in [0, 0.1) is 5.41 Å². The van der Waals surface area contributed by atoms with Gasteiger partial charge in [0.2, 0.25) is 0 Å². The summed E-state index contributed by atoms with van der Waals surface area (Å²) in [6, 6.07) is 0. The quantitative estimate of drug-likeness (QED) is 0.717. The number of hydrogen-bond acceptors (Lipinski definition) is 3. The van der Waals surface area contributed by atoms with Crippen LogP contribution in [0.4, 0.5) is 0 Å². The molecule has 1 aliphatic heterocycles. The minimum absolute atomic E-state index is 0.138. The Hall–Kier alpha value is -1.10. The molecule has 1 aromatic heterocycles. The first kappa shape index (κ1) is 8.50. The standard InChI is InChI=1S/C8H13N3O2/c1-2-8(4-13-5-8)3-11-7(12)9-6-10-11/h6H,2-5H2,1H3,(H,9,10,12). The second-order valence-corrected chi connectivity index (χ2v) is 3.60. The predicted octanol–water partition coefficient (Wildman–Crippen LogP) is -0.00200. The number of H-pyrrole nitrogens is 1.